The lowest BCUT2D eigenvalue weighted by atomic mass is 10.2. The maximum Gasteiger partial charge on any atom is 0.325 e. The van der Waals surface area contributed by atoms with E-state index in [-0.39, 0.29) is 25.7 Å². The SMILES string of the molecule is CCOC(=O)CNC(=O)N(CC(N)=O)C1CCCC1. The number of hydrogen-bond acceptors (Lipinski definition) is 4. The molecule has 0 aromatic carbocycles. The molecule has 19 heavy (non-hydrogen) atoms. The molecular formula is C12H21N3O4. The van der Waals surface area contributed by atoms with Crippen molar-refractivity contribution >= 4 is 17.9 Å². The van der Waals surface area contributed by atoms with Gasteiger partial charge in [0, 0.05) is 6.04 Å². The van der Waals surface area contributed by atoms with Crippen molar-refractivity contribution in [2.75, 3.05) is 19.7 Å². The van der Waals surface area contributed by atoms with E-state index in [0.29, 0.717) is 0 Å². The molecular weight excluding hydrogens is 250 g/mol. The fourth-order valence-electron chi connectivity index (χ4n) is 2.21. The molecule has 7 heteroatoms. The normalized spacial score (nSPS) is 15.0. The number of amides is 3. The minimum absolute atomic E-state index is 0.0229. The number of carbonyl (C=O) groups excluding carboxylic acids is 3. The van der Waals surface area contributed by atoms with Crippen molar-refractivity contribution in [3.63, 3.8) is 0 Å². The average Bonchev–Trinajstić information content (AvgIpc) is 2.86. The van der Waals surface area contributed by atoms with Crippen LogP contribution in [0.5, 0.6) is 0 Å². The third kappa shape index (κ3) is 5.15. The minimum Gasteiger partial charge on any atom is -0.465 e. The van der Waals surface area contributed by atoms with Gasteiger partial charge in [-0.3, -0.25) is 9.59 Å². The summed E-state index contributed by atoms with van der Waals surface area (Å²) < 4.78 is 4.71. The molecule has 0 aromatic heterocycles. The van der Waals surface area contributed by atoms with Gasteiger partial charge >= 0.3 is 12.0 Å². The molecule has 0 unspecified atom stereocenters. The fourth-order valence-corrected chi connectivity index (χ4v) is 2.21. The van der Waals surface area contributed by atoms with Gasteiger partial charge in [-0.1, -0.05) is 12.8 Å². The first-order chi connectivity index (χ1) is 9.04. The Morgan fingerprint density at radius 3 is 2.47 bits per heavy atom. The highest BCUT2D eigenvalue weighted by atomic mass is 16.5. The Hall–Kier alpha value is -1.79. The van der Waals surface area contributed by atoms with Gasteiger partial charge in [-0.25, -0.2) is 4.79 Å². The van der Waals surface area contributed by atoms with Crippen LogP contribution in [0.2, 0.25) is 0 Å². The maximum absolute atomic E-state index is 12.0. The third-order valence-electron chi connectivity index (χ3n) is 3.04. The first-order valence-corrected chi connectivity index (χ1v) is 6.53. The topological polar surface area (TPSA) is 102 Å². The van der Waals surface area contributed by atoms with E-state index >= 15 is 0 Å². The number of primary amides is 1. The minimum atomic E-state index is -0.557. The Balaban J connectivity index is 2.51. The lowest BCUT2D eigenvalue weighted by Crippen LogP contribution is -2.50. The largest absolute Gasteiger partial charge is 0.465 e. The Kier molecular flexibility index (Phi) is 6.11. The van der Waals surface area contributed by atoms with Crippen molar-refractivity contribution in [1.82, 2.24) is 10.2 Å². The highest BCUT2D eigenvalue weighted by Crippen LogP contribution is 2.23. The van der Waals surface area contributed by atoms with Crippen molar-refractivity contribution in [3.05, 3.63) is 0 Å². The van der Waals surface area contributed by atoms with Crippen molar-refractivity contribution in [1.29, 1.82) is 0 Å². The van der Waals surface area contributed by atoms with Crippen LogP contribution in [0, 0.1) is 0 Å². The molecule has 0 heterocycles. The summed E-state index contributed by atoms with van der Waals surface area (Å²) in [7, 11) is 0. The lowest BCUT2D eigenvalue weighted by Gasteiger charge is -2.27. The van der Waals surface area contributed by atoms with E-state index in [2.05, 4.69) is 5.32 Å². The van der Waals surface area contributed by atoms with Crippen LogP contribution in [0.25, 0.3) is 0 Å². The van der Waals surface area contributed by atoms with Gasteiger partial charge < -0.3 is 20.7 Å². The Morgan fingerprint density at radius 2 is 1.95 bits per heavy atom. The van der Waals surface area contributed by atoms with Crippen molar-refractivity contribution in [2.24, 2.45) is 5.73 Å². The van der Waals surface area contributed by atoms with E-state index < -0.39 is 17.9 Å². The number of nitrogens with one attached hydrogen (secondary N) is 1. The number of nitrogens with zero attached hydrogens (tertiary/aromatic N) is 1. The number of urea groups is 1. The first kappa shape index (κ1) is 15.3. The summed E-state index contributed by atoms with van der Waals surface area (Å²) >= 11 is 0. The summed E-state index contributed by atoms with van der Waals surface area (Å²) in [5.41, 5.74) is 5.15. The fraction of sp³-hybridized carbons (Fsp3) is 0.750. The summed E-state index contributed by atoms with van der Waals surface area (Å²) in [6, 6.07) is -0.423. The molecule has 0 spiro atoms. The van der Waals surface area contributed by atoms with E-state index in [4.69, 9.17) is 10.5 Å². The predicted molar refractivity (Wildman–Crippen MR) is 68.2 cm³/mol. The molecule has 7 nitrogen and oxygen atoms in total. The summed E-state index contributed by atoms with van der Waals surface area (Å²) in [6.45, 7) is 1.63. The van der Waals surface area contributed by atoms with Gasteiger partial charge in [0.25, 0.3) is 0 Å². The van der Waals surface area contributed by atoms with Crippen LogP contribution < -0.4 is 11.1 Å². The Morgan fingerprint density at radius 1 is 1.32 bits per heavy atom. The van der Waals surface area contributed by atoms with E-state index in [1.165, 1.54) is 4.90 Å². The molecule has 3 amide bonds. The summed E-state index contributed by atoms with van der Waals surface area (Å²) in [5.74, 6) is -1.06. The monoisotopic (exact) mass is 271 g/mol. The second-order valence-electron chi connectivity index (χ2n) is 4.50. The first-order valence-electron chi connectivity index (χ1n) is 6.53. The molecule has 1 fully saturated rings. The predicted octanol–water partition coefficient (Wildman–Crippen LogP) is -0.0110. The van der Waals surface area contributed by atoms with Gasteiger partial charge in [0.2, 0.25) is 5.91 Å². The quantitative estimate of drug-likeness (QED) is 0.663. The highest BCUT2D eigenvalue weighted by Gasteiger charge is 2.27. The zero-order chi connectivity index (χ0) is 14.3. The second-order valence-corrected chi connectivity index (χ2v) is 4.50. The van der Waals surface area contributed by atoms with Crippen LogP contribution in [-0.4, -0.2) is 48.5 Å². The Bertz CT molecular complexity index is 340. The molecule has 1 aliphatic rings. The zero-order valence-electron chi connectivity index (χ0n) is 11.2. The molecule has 1 aliphatic carbocycles. The van der Waals surface area contributed by atoms with Gasteiger partial charge in [-0.05, 0) is 19.8 Å². The lowest BCUT2D eigenvalue weighted by molar-refractivity contribution is -0.141. The molecule has 1 saturated carbocycles. The maximum atomic E-state index is 12.0. The molecule has 0 aromatic rings. The molecule has 3 N–H and O–H groups in total. The van der Waals surface area contributed by atoms with E-state index in [1.54, 1.807) is 6.92 Å². The van der Waals surface area contributed by atoms with E-state index in [9.17, 15) is 14.4 Å². The summed E-state index contributed by atoms with van der Waals surface area (Å²) in [6.07, 6.45) is 3.79. The Labute approximate surface area is 112 Å². The number of carbonyl (C=O) groups is 3. The van der Waals surface area contributed by atoms with Crippen molar-refractivity contribution in [2.45, 2.75) is 38.6 Å². The molecule has 108 valence electrons. The summed E-state index contributed by atoms with van der Waals surface area (Å²) in [5, 5.41) is 2.45. The number of nitrogens with two attached hydrogens (primary N) is 1. The molecule has 1 rings (SSSR count). The molecule has 0 saturated heterocycles. The molecule has 0 bridgehead atoms. The second kappa shape index (κ2) is 7.60. The van der Waals surface area contributed by atoms with E-state index in [1.807, 2.05) is 0 Å². The van der Waals surface area contributed by atoms with Gasteiger partial charge in [0.1, 0.15) is 13.1 Å². The smallest absolute Gasteiger partial charge is 0.325 e. The van der Waals surface area contributed by atoms with Crippen molar-refractivity contribution in [3.8, 4) is 0 Å². The molecule has 0 atom stereocenters. The van der Waals surface area contributed by atoms with Gasteiger partial charge in [0.05, 0.1) is 6.61 Å². The highest BCUT2D eigenvalue weighted by molar-refractivity contribution is 5.85. The van der Waals surface area contributed by atoms with Gasteiger partial charge in [-0.15, -0.1) is 0 Å². The number of ether oxygens (including phenoxy) is 1. The molecule has 0 radical (unpaired) electrons. The zero-order valence-corrected chi connectivity index (χ0v) is 11.2. The van der Waals surface area contributed by atoms with Gasteiger partial charge in [-0.2, -0.15) is 0 Å². The van der Waals surface area contributed by atoms with Crippen molar-refractivity contribution < 1.29 is 19.1 Å². The third-order valence-corrected chi connectivity index (χ3v) is 3.04. The number of esters is 1. The average molecular weight is 271 g/mol. The van der Waals surface area contributed by atoms with Crippen LogP contribution in [0.3, 0.4) is 0 Å². The number of rotatable bonds is 6. The van der Waals surface area contributed by atoms with Gasteiger partial charge in [0.15, 0.2) is 0 Å². The number of hydrogen-bond donors (Lipinski definition) is 2. The molecule has 0 aliphatic heterocycles. The standard InChI is InChI=1S/C12H21N3O4/c1-2-19-11(17)7-14-12(18)15(8-10(13)16)9-5-3-4-6-9/h9H,2-8H2,1H3,(H2,13,16)(H,14,18). The summed E-state index contributed by atoms with van der Waals surface area (Å²) in [4.78, 5) is 35.6. The van der Waals surface area contributed by atoms with Crippen LogP contribution in [0.4, 0.5) is 4.79 Å². The van der Waals surface area contributed by atoms with Crippen LogP contribution >= 0.6 is 0 Å². The van der Waals surface area contributed by atoms with Crippen LogP contribution in [0.1, 0.15) is 32.6 Å². The van der Waals surface area contributed by atoms with Crippen LogP contribution in [0.15, 0.2) is 0 Å². The van der Waals surface area contributed by atoms with Crippen LogP contribution in [-0.2, 0) is 14.3 Å². The van der Waals surface area contributed by atoms with E-state index in [0.717, 1.165) is 25.7 Å².